The van der Waals surface area contributed by atoms with Crippen molar-refractivity contribution in [2.24, 2.45) is 0 Å². The van der Waals surface area contributed by atoms with Crippen LogP contribution in [0.25, 0.3) is 89.1 Å². The predicted molar refractivity (Wildman–Crippen MR) is 246 cm³/mol. The van der Waals surface area contributed by atoms with Crippen LogP contribution in [0.15, 0.2) is 223 Å². The molecule has 11 rings (SSSR count). The van der Waals surface area contributed by atoms with Crippen LogP contribution in [0, 0.1) is 0 Å². The normalized spacial score (nSPS) is 11.3. The largest absolute Gasteiger partial charge is 0.456 e. The third-order valence-corrected chi connectivity index (χ3v) is 11.1. The Morgan fingerprint density at radius 3 is 1.45 bits per heavy atom. The van der Waals surface area contributed by atoms with E-state index >= 15 is 0 Å². The van der Waals surface area contributed by atoms with Gasteiger partial charge in [-0.15, -0.1) is 0 Å². The fourth-order valence-corrected chi connectivity index (χ4v) is 8.29. The third kappa shape index (κ3) is 6.35. The number of rotatable bonds is 8. The van der Waals surface area contributed by atoms with Gasteiger partial charge in [0.1, 0.15) is 11.2 Å². The van der Waals surface area contributed by atoms with Gasteiger partial charge < -0.3 is 9.32 Å². The Labute approximate surface area is 347 Å². The van der Waals surface area contributed by atoms with Gasteiger partial charge in [0.25, 0.3) is 0 Å². The van der Waals surface area contributed by atoms with Gasteiger partial charge >= 0.3 is 0 Å². The minimum atomic E-state index is 0.627. The summed E-state index contributed by atoms with van der Waals surface area (Å²) in [6.07, 6.45) is 0. The van der Waals surface area contributed by atoms with Crippen molar-refractivity contribution in [2.45, 2.75) is 0 Å². The molecule has 2 aromatic heterocycles. The van der Waals surface area contributed by atoms with Gasteiger partial charge in [-0.05, 0) is 81.6 Å². The summed E-state index contributed by atoms with van der Waals surface area (Å²) >= 11 is 0. The number of furan rings is 1. The Morgan fingerprint density at radius 2 is 0.800 bits per heavy atom. The van der Waals surface area contributed by atoms with Crippen LogP contribution in [0.5, 0.6) is 0 Å². The number of aromatic nitrogens is 3. The predicted octanol–water partition coefficient (Wildman–Crippen LogP) is 14.7. The molecule has 9 aromatic carbocycles. The quantitative estimate of drug-likeness (QED) is 0.154. The van der Waals surface area contributed by atoms with Gasteiger partial charge in [-0.3, -0.25) is 0 Å². The molecule has 0 radical (unpaired) electrons. The number of anilines is 3. The highest BCUT2D eigenvalue weighted by Crippen LogP contribution is 2.44. The van der Waals surface area contributed by atoms with E-state index in [-0.39, 0.29) is 0 Å². The Balaban J connectivity index is 1.03. The summed E-state index contributed by atoms with van der Waals surface area (Å²) in [5.74, 6) is 1.90. The summed E-state index contributed by atoms with van der Waals surface area (Å²) in [5, 5.41) is 4.30. The van der Waals surface area contributed by atoms with E-state index in [1.807, 2.05) is 66.7 Å². The molecule has 0 aliphatic heterocycles. The van der Waals surface area contributed by atoms with E-state index in [1.54, 1.807) is 0 Å². The molecule has 11 aromatic rings. The molecule has 2 heterocycles. The molecule has 0 unspecified atom stereocenters. The van der Waals surface area contributed by atoms with Gasteiger partial charge in [-0.25, -0.2) is 15.0 Å². The van der Waals surface area contributed by atoms with Crippen LogP contribution in [0.3, 0.4) is 0 Å². The SMILES string of the molecule is c1ccc(-c2ccc(N(c3ccccc3)c3ccc4c(c3)oc3cccc(-c5ccc(-c6nc(-c7ccccc7)nc(-c7ccccc7)n6)c6ccccc56)c34)cc2)cc1. The lowest BCUT2D eigenvalue weighted by atomic mass is 9.92. The second kappa shape index (κ2) is 15.0. The Bertz CT molecular complexity index is 3240. The zero-order chi connectivity index (χ0) is 39.8. The summed E-state index contributed by atoms with van der Waals surface area (Å²) in [6.45, 7) is 0. The van der Waals surface area contributed by atoms with Crippen molar-refractivity contribution in [2.75, 3.05) is 4.90 Å². The molecule has 282 valence electrons. The molecule has 0 aliphatic carbocycles. The molecule has 0 saturated carbocycles. The average Bonchev–Trinajstić information content (AvgIpc) is 3.71. The molecule has 0 aliphatic rings. The van der Waals surface area contributed by atoms with Crippen LogP contribution in [-0.4, -0.2) is 15.0 Å². The lowest BCUT2D eigenvalue weighted by Gasteiger charge is -2.25. The van der Waals surface area contributed by atoms with Crippen LogP contribution in [0.1, 0.15) is 0 Å². The Hall–Kier alpha value is -8.15. The Morgan fingerprint density at radius 1 is 0.300 bits per heavy atom. The van der Waals surface area contributed by atoms with E-state index in [0.717, 1.165) is 77.6 Å². The maximum atomic E-state index is 6.72. The second-order valence-electron chi connectivity index (χ2n) is 14.8. The molecule has 5 nitrogen and oxygen atoms in total. The van der Waals surface area contributed by atoms with Crippen molar-refractivity contribution in [1.29, 1.82) is 0 Å². The van der Waals surface area contributed by atoms with Crippen LogP contribution < -0.4 is 4.90 Å². The van der Waals surface area contributed by atoms with Crippen LogP contribution in [0.2, 0.25) is 0 Å². The van der Waals surface area contributed by atoms with Gasteiger partial charge in [-0.1, -0.05) is 164 Å². The molecule has 0 fully saturated rings. The monoisotopic (exact) mass is 768 g/mol. The first-order valence-electron chi connectivity index (χ1n) is 20.1. The lowest BCUT2D eigenvalue weighted by Crippen LogP contribution is -2.09. The van der Waals surface area contributed by atoms with Crippen molar-refractivity contribution in [3.63, 3.8) is 0 Å². The lowest BCUT2D eigenvalue weighted by molar-refractivity contribution is 0.669. The highest BCUT2D eigenvalue weighted by molar-refractivity contribution is 6.17. The standard InChI is InChI=1S/C55H36N4O/c1-5-16-37(17-6-1)38-28-30-42(31-29-38)59(41-22-11-4-12-23-41)43-32-33-49-51(36-43)60-50-27-15-26-47(52(49)50)46-34-35-48(45-25-14-13-24-44(45)46)55-57-53(39-18-7-2-8-19-39)56-54(58-55)40-20-9-3-10-21-40/h1-36H. The molecule has 5 heteroatoms. The van der Waals surface area contributed by atoms with Crippen molar-refractivity contribution < 1.29 is 4.42 Å². The summed E-state index contributed by atoms with van der Waals surface area (Å²) < 4.78 is 6.72. The topological polar surface area (TPSA) is 55.1 Å². The maximum absolute atomic E-state index is 6.72. The minimum Gasteiger partial charge on any atom is -0.456 e. The van der Waals surface area contributed by atoms with Crippen molar-refractivity contribution in [1.82, 2.24) is 15.0 Å². The molecule has 0 spiro atoms. The number of para-hydroxylation sites is 1. The maximum Gasteiger partial charge on any atom is 0.164 e. The first-order valence-corrected chi connectivity index (χ1v) is 20.1. The zero-order valence-corrected chi connectivity index (χ0v) is 32.5. The molecular weight excluding hydrogens is 733 g/mol. The molecule has 0 bridgehead atoms. The first-order chi connectivity index (χ1) is 29.7. The van der Waals surface area contributed by atoms with Crippen molar-refractivity contribution in [3.8, 4) is 56.4 Å². The van der Waals surface area contributed by atoms with Crippen LogP contribution >= 0.6 is 0 Å². The van der Waals surface area contributed by atoms with E-state index in [0.29, 0.717) is 17.5 Å². The molecule has 0 atom stereocenters. The number of nitrogens with zero attached hydrogens (tertiary/aromatic N) is 4. The highest BCUT2D eigenvalue weighted by Gasteiger charge is 2.20. The third-order valence-electron chi connectivity index (χ3n) is 11.1. The fraction of sp³-hybridized carbons (Fsp3) is 0. The van der Waals surface area contributed by atoms with E-state index in [1.165, 1.54) is 11.1 Å². The van der Waals surface area contributed by atoms with Gasteiger partial charge in [0.05, 0.1) is 0 Å². The molecule has 0 N–H and O–H groups in total. The second-order valence-corrected chi connectivity index (χ2v) is 14.8. The summed E-state index contributed by atoms with van der Waals surface area (Å²) in [4.78, 5) is 17.4. The van der Waals surface area contributed by atoms with E-state index < -0.39 is 0 Å². The molecular formula is C55H36N4O. The number of hydrogen-bond acceptors (Lipinski definition) is 5. The molecule has 0 amide bonds. The van der Waals surface area contributed by atoms with Gasteiger partial charge in [-0.2, -0.15) is 0 Å². The van der Waals surface area contributed by atoms with Gasteiger partial charge in [0.2, 0.25) is 0 Å². The number of hydrogen-bond donors (Lipinski definition) is 0. The summed E-state index contributed by atoms with van der Waals surface area (Å²) in [6, 6.07) is 75.7. The summed E-state index contributed by atoms with van der Waals surface area (Å²) in [5.41, 5.74) is 12.2. The molecule has 0 saturated heterocycles. The van der Waals surface area contributed by atoms with Gasteiger partial charge in [0, 0.05) is 50.6 Å². The minimum absolute atomic E-state index is 0.627. The number of fused-ring (bicyclic) bond motifs is 4. The zero-order valence-electron chi connectivity index (χ0n) is 32.5. The van der Waals surface area contributed by atoms with Crippen molar-refractivity contribution in [3.05, 3.63) is 218 Å². The fourth-order valence-electron chi connectivity index (χ4n) is 8.29. The average molecular weight is 769 g/mol. The Kier molecular flexibility index (Phi) is 8.75. The van der Waals surface area contributed by atoms with E-state index in [2.05, 4.69) is 157 Å². The summed E-state index contributed by atoms with van der Waals surface area (Å²) in [7, 11) is 0. The van der Waals surface area contributed by atoms with Crippen molar-refractivity contribution >= 4 is 49.8 Å². The number of benzene rings is 9. The van der Waals surface area contributed by atoms with E-state index in [4.69, 9.17) is 19.4 Å². The van der Waals surface area contributed by atoms with Gasteiger partial charge in [0.15, 0.2) is 17.5 Å². The van der Waals surface area contributed by atoms with E-state index in [9.17, 15) is 0 Å². The smallest absolute Gasteiger partial charge is 0.164 e. The first kappa shape index (κ1) is 35.0. The molecule has 60 heavy (non-hydrogen) atoms. The van der Waals surface area contributed by atoms with Crippen LogP contribution in [-0.2, 0) is 0 Å². The van der Waals surface area contributed by atoms with Crippen LogP contribution in [0.4, 0.5) is 17.1 Å². The highest BCUT2D eigenvalue weighted by atomic mass is 16.3.